The van der Waals surface area contributed by atoms with Crippen LogP contribution in [0.15, 0.2) is 0 Å². The number of rotatable bonds is 4. The molecule has 0 spiro atoms. The molecule has 1 heterocycles. The molecule has 1 atom stereocenters. The molecule has 3 nitrogen and oxygen atoms in total. The lowest BCUT2D eigenvalue weighted by Crippen LogP contribution is -2.44. The molecule has 2 N–H and O–H groups in total. The van der Waals surface area contributed by atoms with Crippen LogP contribution in [0.3, 0.4) is 0 Å². The largest absolute Gasteiger partial charge is 0.379 e. The Kier molecular flexibility index (Phi) is 4.58. The van der Waals surface area contributed by atoms with E-state index in [4.69, 9.17) is 10.5 Å². The summed E-state index contributed by atoms with van der Waals surface area (Å²) in [5.74, 6) is 0. The highest BCUT2D eigenvalue weighted by molar-refractivity contribution is 4.70. The monoisotopic (exact) mass is 172 g/mol. The molecule has 0 radical (unpaired) electrons. The molecule has 0 amide bonds. The van der Waals surface area contributed by atoms with Gasteiger partial charge in [0.25, 0.3) is 0 Å². The fraction of sp³-hybridized carbons (Fsp3) is 1.00. The Morgan fingerprint density at radius 3 is 3.00 bits per heavy atom. The van der Waals surface area contributed by atoms with Gasteiger partial charge < -0.3 is 10.5 Å². The minimum Gasteiger partial charge on any atom is -0.379 e. The molecule has 1 aliphatic heterocycles. The van der Waals surface area contributed by atoms with Crippen molar-refractivity contribution < 1.29 is 4.74 Å². The van der Waals surface area contributed by atoms with Crippen LogP contribution >= 0.6 is 0 Å². The summed E-state index contributed by atoms with van der Waals surface area (Å²) in [6, 6.07) is 0.594. The minimum absolute atomic E-state index is 0.594. The molecule has 0 bridgehead atoms. The van der Waals surface area contributed by atoms with Gasteiger partial charge in [-0.15, -0.1) is 0 Å². The van der Waals surface area contributed by atoms with Crippen molar-refractivity contribution in [3.8, 4) is 0 Å². The van der Waals surface area contributed by atoms with Crippen LogP contribution in [-0.2, 0) is 4.74 Å². The zero-order chi connectivity index (χ0) is 8.81. The van der Waals surface area contributed by atoms with E-state index in [1.807, 2.05) is 0 Å². The number of morpholine rings is 1. The maximum absolute atomic E-state index is 5.44. The molecule has 1 aliphatic rings. The summed E-state index contributed by atoms with van der Waals surface area (Å²) in [5, 5.41) is 0. The third-order valence-corrected chi connectivity index (χ3v) is 2.40. The van der Waals surface area contributed by atoms with Gasteiger partial charge in [0.2, 0.25) is 0 Å². The van der Waals surface area contributed by atoms with Crippen LogP contribution in [0.1, 0.15) is 19.8 Å². The maximum atomic E-state index is 5.44. The summed E-state index contributed by atoms with van der Waals surface area (Å²) in [7, 11) is 0. The second-order valence-electron chi connectivity index (χ2n) is 3.46. The van der Waals surface area contributed by atoms with E-state index in [1.165, 1.54) is 13.0 Å². The number of nitrogens with zero attached hydrogens (tertiary/aromatic N) is 1. The minimum atomic E-state index is 0.594. The van der Waals surface area contributed by atoms with Gasteiger partial charge in [-0.2, -0.15) is 0 Å². The summed E-state index contributed by atoms with van der Waals surface area (Å²) < 4.78 is 5.35. The maximum Gasteiger partial charge on any atom is 0.0619 e. The summed E-state index contributed by atoms with van der Waals surface area (Å²) in [6.45, 7) is 7.10. The SMILES string of the molecule is CC1COCCN1CCCCN. The average molecular weight is 172 g/mol. The Morgan fingerprint density at radius 2 is 2.33 bits per heavy atom. The van der Waals surface area contributed by atoms with Crippen molar-refractivity contribution in [3.05, 3.63) is 0 Å². The number of unbranched alkanes of at least 4 members (excludes halogenated alkanes) is 1. The van der Waals surface area contributed by atoms with Crippen LogP contribution in [-0.4, -0.2) is 43.8 Å². The van der Waals surface area contributed by atoms with Gasteiger partial charge >= 0.3 is 0 Å². The second kappa shape index (κ2) is 5.51. The second-order valence-corrected chi connectivity index (χ2v) is 3.46. The molecule has 3 heteroatoms. The van der Waals surface area contributed by atoms with Crippen LogP contribution in [0.5, 0.6) is 0 Å². The lowest BCUT2D eigenvalue weighted by atomic mass is 10.2. The standard InChI is InChI=1S/C9H20N2O/c1-9-8-12-7-6-11(9)5-3-2-4-10/h9H,2-8,10H2,1H3. The predicted octanol–water partition coefficient (Wildman–Crippen LogP) is 0.446. The van der Waals surface area contributed by atoms with E-state index in [0.717, 1.165) is 32.7 Å². The molecule has 12 heavy (non-hydrogen) atoms. The Balaban J connectivity index is 2.11. The fourth-order valence-electron chi connectivity index (χ4n) is 1.55. The lowest BCUT2D eigenvalue weighted by Gasteiger charge is -2.33. The number of hydrogen-bond acceptors (Lipinski definition) is 3. The molecule has 0 aromatic rings. The number of ether oxygens (including phenoxy) is 1. The highest BCUT2D eigenvalue weighted by atomic mass is 16.5. The quantitative estimate of drug-likeness (QED) is 0.626. The molecule has 1 fully saturated rings. The Bertz CT molecular complexity index is 119. The van der Waals surface area contributed by atoms with E-state index in [-0.39, 0.29) is 0 Å². The Labute approximate surface area is 74.9 Å². The highest BCUT2D eigenvalue weighted by Crippen LogP contribution is 2.06. The molecular weight excluding hydrogens is 152 g/mol. The topological polar surface area (TPSA) is 38.5 Å². The van der Waals surface area contributed by atoms with E-state index in [2.05, 4.69) is 11.8 Å². The van der Waals surface area contributed by atoms with Gasteiger partial charge in [0.1, 0.15) is 0 Å². The van der Waals surface area contributed by atoms with Crippen molar-refractivity contribution in [2.45, 2.75) is 25.8 Å². The highest BCUT2D eigenvalue weighted by Gasteiger charge is 2.17. The number of nitrogens with two attached hydrogens (primary N) is 1. The van der Waals surface area contributed by atoms with Crippen molar-refractivity contribution in [1.82, 2.24) is 4.90 Å². The van der Waals surface area contributed by atoms with Gasteiger partial charge in [-0.25, -0.2) is 0 Å². The third-order valence-electron chi connectivity index (χ3n) is 2.40. The smallest absolute Gasteiger partial charge is 0.0619 e. The fourth-order valence-corrected chi connectivity index (χ4v) is 1.55. The molecule has 72 valence electrons. The van der Waals surface area contributed by atoms with Crippen LogP contribution in [0.25, 0.3) is 0 Å². The summed E-state index contributed by atoms with van der Waals surface area (Å²) in [6.07, 6.45) is 2.37. The van der Waals surface area contributed by atoms with E-state index < -0.39 is 0 Å². The Hall–Kier alpha value is -0.120. The van der Waals surface area contributed by atoms with E-state index in [0.29, 0.717) is 6.04 Å². The predicted molar refractivity (Wildman–Crippen MR) is 50.1 cm³/mol. The molecule has 1 saturated heterocycles. The van der Waals surface area contributed by atoms with Crippen molar-refractivity contribution in [2.75, 3.05) is 32.8 Å². The molecule has 0 saturated carbocycles. The van der Waals surface area contributed by atoms with Crippen molar-refractivity contribution in [2.24, 2.45) is 5.73 Å². The van der Waals surface area contributed by atoms with Crippen molar-refractivity contribution in [3.63, 3.8) is 0 Å². The van der Waals surface area contributed by atoms with Gasteiger partial charge in [-0.1, -0.05) is 0 Å². The first-order valence-electron chi connectivity index (χ1n) is 4.86. The molecule has 0 aromatic carbocycles. The van der Waals surface area contributed by atoms with Crippen LogP contribution in [0.2, 0.25) is 0 Å². The van der Waals surface area contributed by atoms with Crippen LogP contribution in [0, 0.1) is 0 Å². The van der Waals surface area contributed by atoms with Gasteiger partial charge in [-0.05, 0) is 32.9 Å². The molecule has 0 aromatic heterocycles. The van der Waals surface area contributed by atoms with E-state index >= 15 is 0 Å². The first kappa shape index (κ1) is 9.96. The van der Waals surface area contributed by atoms with Crippen LogP contribution < -0.4 is 5.73 Å². The zero-order valence-electron chi connectivity index (χ0n) is 7.96. The van der Waals surface area contributed by atoms with Gasteiger partial charge in [0.05, 0.1) is 13.2 Å². The lowest BCUT2D eigenvalue weighted by molar-refractivity contribution is -0.000779. The Morgan fingerprint density at radius 1 is 1.50 bits per heavy atom. The number of hydrogen-bond donors (Lipinski definition) is 1. The van der Waals surface area contributed by atoms with Crippen molar-refractivity contribution in [1.29, 1.82) is 0 Å². The molecular formula is C9H20N2O. The first-order valence-corrected chi connectivity index (χ1v) is 4.86. The molecule has 1 rings (SSSR count). The average Bonchev–Trinajstić information content (AvgIpc) is 2.09. The normalized spacial score (nSPS) is 26.0. The third kappa shape index (κ3) is 3.09. The molecule has 0 aliphatic carbocycles. The van der Waals surface area contributed by atoms with Gasteiger partial charge in [0, 0.05) is 12.6 Å². The van der Waals surface area contributed by atoms with E-state index in [9.17, 15) is 0 Å². The zero-order valence-corrected chi connectivity index (χ0v) is 7.96. The van der Waals surface area contributed by atoms with Gasteiger partial charge in [-0.3, -0.25) is 4.90 Å². The summed E-state index contributed by atoms with van der Waals surface area (Å²) in [5.41, 5.74) is 5.44. The summed E-state index contributed by atoms with van der Waals surface area (Å²) in [4.78, 5) is 2.49. The van der Waals surface area contributed by atoms with E-state index in [1.54, 1.807) is 0 Å². The van der Waals surface area contributed by atoms with Crippen molar-refractivity contribution >= 4 is 0 Å². The van der Waals surface area contributed by atoms with Crippen LogP contribution in [0.4, 0.5) is 0 Å². The molecule has 1 unspecified atom stereocenters. The summed E-state index contributed by atoms with van der Waals surface area (Å²) >= 11 is 0. The first-order chi connectivity index (χ1) is 5.84. The van der Waals surface area contributed by atoms with Gasteiger partial charge in [0.15, 0.2) is 0 Å².